The van der Waals surface area contributed by atoms with Gasteiger partial charge in [-0.25, -0.2) is 0 Å². The van der Waals surface area contributed by atoms with Gasteiger partial charge in [-0.05, 0) is 11.4 Å². The number of nitrogens with one attached hydrogen (secondary N) is 1. The molecule has 0 saturated carbocycles. The molecular formula is C12H12N4O2S2. The third-order valence-corrected chi connectivity index (χ3v) is 4.51. The largest absolute Gasteiger partial charge is 0.339 e. The van der Waals surface area contributed by atoms with Crippen LogP contribution in [-0.4, -0.2) is 21.3 Å². The average Bonchev–Trinajstić information content (AvgIpc) is 2.86. The molecule has 0 aliphatic rings. The number of nitrogens with zero attached hydrogens (tertiary/aromatic N) is 2. The molecule has 8 heteroatoms. The van der Waals surface area contributed by atoms with Gasteiger partial charge in [0.05, 0.1) is 6.54 Å². The molecule has 0 bridgehead atoms. The van der Waals surface area contributed by atoms with Crippen LogP contribution in [0.2, 0.25) is 0 Å². The fraction of sp³-hybridized carbons (Fsp3) is 0.250. The fourth-order valence-electron chi connectivity index (χ4n) is 1.43. The molecule has 2 rings (SSSR count). The van der Waals surface area contributed by atoms with E-state index in [0.29, 0.717) is 17.5 Å². The fourth-order valence-corrected chi connectivity index (χ4v) is 3.30. The van der Waals surface area contributed by atoms with Crippen LogP contribution in [0.3, 0.4) is 0 Å². The number of thiophene rings is 1. The van der Waals surface area contributed by atoms with E-state index in [9.17, 15) is 9.59 Å². The van der Waals surface area contributed by atoms with Crippen LogP contribution in [0, 0.1) is 11.8 Å². The van der Waals surface area contributed by atoms with Gasteiger partial charge in [-0.2, -0.15) is 4.98 Å². The summed E-state index contributed by atoms with van der Waals surface area (Å²) in [5.74, 6) is 6.44. The van der Waals surface area contributed by atoms with Crippen LogP contribution in [0.5, 0.6) is 0 Å². The topological polar surface area (TPSA) is 93.8 Å². The van der Waals surface area contributed by atoms with E-state index in [2.05, 4.69) is 21.9 Å². The molecular weight excluding hydrogens is 296 g/mol. The van der Waals surface area contributed by atoms with Crippen LogP contribution >= 0.6 is 23.1 Å². The van der Waals surface area contributed by atoms with Crippen LogP contribution in [0.15, 0.2) is 26.2 Å². The first-order valence-corrected chi connectivity index (χ1v) is 7.54. The van der Waals surface area contributed by atoms with E-state index in [1.807, 2.05) is 11.4 Å². The first kappa shape index (κ1) is 14.6. The van der Waals surface area contributed by atoms with Gasteiger partial charge in [0, 0.05) is 23.2 Å². The molecule has 0 aromatic carbocycles. The number of aromatic amines is 1. The number of aromatic nitrogens is 3. The van der Waals surface area contributed by atoms with Crippen molar-refractivity contribution in [1.29, 1.82) is 0 Å². The Hall–Kier alpha value is -1.82. The van der Waals surface area contributed by atoms with E-state index < -0.39 is 11.1 Å². The minimum absolute atomic E-state index is 0.318. The molecule has 0 radical (unpaired) electrons. The maximum atomic E-state index is 11.2. The second-order valence-electron chi connectivity index (χ2n) is 3.75. The van der Waals surface area contributed by atoms with Gasteiger partial charge >= 0.3 is 11.1 Å². The lowest BCUT2D eigenvalue weighted by Gasteiger charge is -2.04. The van der Waals surface area contributed by atoms with E-state index in [-0.39, 0.29) is 0 Å². The van der Waals surface area contributed by atoms with Gasteiger partial charge in [-0.1, -0.05) is 23.6 Å². The summed E-state index contributed by atoms with van der Waals surface area (Å²) in [6, 6.07) is 1.93. The van der Waals surface area contributed by atoms with E-state index in [0.717, 1.165) is 10.4 Å². The Balaban J connectivity index is 2.17. The lowest BCUT2D eigenvalue weighted by molar-refractivity contribution is 0.596. The van der Waals surface area contributed by atoms with Gasteiger partial charge < -0.3 is 5.73 Å². The number of nitrogens with two attached hydrogens (primary N) is 1. The summed E-state index contributed by atoms with van der Waals surface area (Å²) in [7, 11) is 1.64. The maximum Gasteiger partial charge on any atom is 0.339 e. The van der Waals surface area contributed by atoms with Crippen LogP contribution in [0.1, 0.15) is 10.4 Å². The van der Waals surface area contributed by atoms with Crippen molar-refractivity contribution >= 4 is 23.1 Å². The zero-order chi connectivity index (χ0) is 14.5. The quantitative estimate of drug-likeness (QED) is 0.478. The second-order valence-corrected chi connectivity index (χ2v) is 5.69. The first-order chi connectivity index (χ1) is 9.61. The Morgan fingerprint density at radius 1 is 1.55 bits per heavy atom. The van der Waals surface area contributed by atoms with Crippen LogP contribution in [-0.2, 0) is 12.8 Å². The highest BCUT2D eigenvalue weighted by Crippen LogP contribution is 2.25. The molecule has 104 valence electrons. The van der Waals surface area contributed by atoms with Crippen molar-refractivity contribution in [3.8, 4) is 11.8 Å². The third kappa shape index (κ3) is 3.39. The molecule has 2 aromatic heterocycles. The van der Waals surface area contributed by atoms with Crippen molar-refractivity contribution in [2.24, 2.45) is 12.8 Å². The Morgan fingerprint density at radius 3 is 3.10 bits per heavy atom. The van der Waals surface area contributed by atoms with Crippen LogP contribution in [0.4, 0.5) is 0 Å². The van der Waals surface area contributed by atoms with Crippen LogP contribution < -0.4 is 16.9 Å². The molecule has 6 nitrogen and oxygen atoms in total. The highest BCUT2D eigenvalue weighted by atomic mass is 32.2. The second kappa shape index (κ2) is 6.56. The third-order valence-electron chi connectivity index (χ3n) is 2.35. The van der Waals surface area contributed by atoms with Crippen LogP contribution in [0.25, 0.3) is 0 Å². The molecule has 2 heterocycles. The van der Waals surface area contributed by atoms with Crippen molar-refractivity contribution in [2.75, 3.05) is 6.54 Å². The molecule has 20 heavy (non-hydrogen) atoms. The zero-order valence-corrected chi connectivity index (χ0v) is 12.3. The monoisotopic (exact) mass is 308 g/mol. The molecule has 0 fully saturated rings. The Bertz CT molecular complexity index is 779. The summed E-state index contributed by atoms with van der Waals surface area (Å²) >= 11 is 2.95. The molecule has 0 aliphatic carbocycles. The van der Waals surface area contributed by atoms with Gasteiger partial charge in [0.2, 0.25) is 0 Å². The van der Waals surface area contributed by atoms with Gasteiger partial charge in [0.1, 0.15) is 0 Å². The molecule has 0 atom stereocenters. The molecule has 0 spiro atoms. The summed E-state index contributed by atoms with van der Waals surface area (Å²) in [5, 5.41) is 4.82. The maximum absolute atomic E-state index is 11.2. The average molecular weight is 308 g/mol. The highest BCUT2D eigenvalue weighted by molar-refractivity contribution is 7.98. The summed E-state index contributed by atoms with van der Waals surface area (Å²) in [5.41, 5.74) is 4.79. The predicted molar refractivity (Wildman–Crippen MR) is 79.9 cm³/mol. The minimum Gasteiger partial charge on any atom is -0.320 e. The first-order valence-electron chi connectivity index (χ1n) is 5.67. The Kier molecular flexibility index (Phi) is 4.79. The Morgan fingerprint density at radius 2 is 2.35 bits per heavy atom. The van der Waals surface area contributed by atoms with Crippen molar-refractivity contribution in [3.63, 3.8) is 0 Å². The molecule has 0 unspecified atom stereocenters. The van der Waals surface area contributed by atoms with E-state index >= 15 is 0 Å². The minimum atomic E-state index is -0.778. The van der Waals surface area contributed by atoms with Gasteiger partial charge in [0.15, 0.2) is 5.16 Å². The van der Waals surface area contributed by atoms with Gasteiger partial charge in [0.25, 0.3) is 0 Å². The van der Waals surface area contributed by atoms with E-state index in [1.54, 1.807) is 18.4 Å². The van der Waals surface area contributed by atoms with Gasteiger partial charge in [-0.15, -0.1) is 11.3 Å². The van der Waals surface area contributed by atoms with Crippen molar-refractivity contribution < 1.29 is 0 Å². The number of hydrogen-bond donors (Lipinski definition) is 2. The SMILES string of the molecule is Cn1[nH]c(=O)c(=O)nc1SCc1sccc1C#CCN. The van der Waals surface area contributed by atoms with Crippen molar-refractivity contribution in [2.45, 2.75) is 10.9 Å². The summed E-state index contributed by atoms with van der Waals surface area (Å²) in [6.45, 7) is 0.318. The number of rotatable bonds is 3. The van der Waals surface area contributed by atoms with Crippen molar-refractivity contribution in [1.82, 2.24) is 14.8 Å². The zero-order valence-electron chi connectivity index (χ0n) is 10.7. The molecule has 2 aromatic rings. The Labute approximate surface area is 123 Å². The lowest BCUT2D eigenvalue weighted by atomic mass is 10.3. The van der Waals surface area contributed by atoms with Crippen molar-refractivity contribution in [3.05, 3.63) is 42.6 Å². The smallest absolute Gasteiger partial charge is 0.320 e. The molecule has 3 N–H and O–H groups in total. The standard InChI is InChI=1S/C12H12N4O2S2/c1-16-12(14-10(17)11(18)15-16)20-7-9-8(3-2-5-13)4-6-19-9/h4,6H,5,7,13H2,1H3,(H,15,18). The summed E-state index contributed by atoms with van der Waals surface area (Å²) < 4.78 is 1.44. The number of hydrogen-bond acceptors (Lipinski definition) is 6. The van der Waals surface area contributed by atoms with E-state index in [1.165, 1.54) is 16.4 Å². The number of thioether (sulfide) groups is 1. The van der Waals surface area contributed by atoms with E-state index in [4.69, 9.17) is 5.73 Å². The summed E-state index contributed by atoms with van der Waals surface area (Å²) in [6.07, 6.45) is 0. The highest BCUT2D eigenvalue weighted by Gasteiger charge is 2.07. The molecule has 0 amide bonds. The predicted octanol–water partition coefficient (Wildman–Crippen LogP) is 0.133. The normalized spacial score (nSPS) is 10.1. The summed E-state index contributed by atoms with van der Waals surface area (Å²) in [4.78, 5) is 27.2. The number of aryl methyl sites for hydroxylation is 1. The molecule has 0 aliphatic heterocycles. The number of H-pyrrole nitrogens is 1. The lowest BCUT2D eigenvalue weighted by Crippen LogP contribution is -2.33. The molecule has 0 saturated heterocycles. The van der Waals surface area contributed by atoms with Gasteiger partial charge in [-0.3, -0.25) is 19.4 Å².